The third-order valence-electron chi connectivity index (χ3n) is 2.45. The lowest BCUT2D eigenvalue weighted by Crippen LogP contribution is -1.99. The Bertz CT molecular complexity index is 483. The van der Waals surface area contributed by atoms with E-state index in [2.05, 4.69) is 0 Å². The fourth-order valence-electron chi connectivity index (χ4n) is 1.56. The lowest BCUT2D eigenvalue weighted by Gasteiger charge is -2.10. The maximum atomic E-state index is 5.69. The lowest BCUT2D eigenvalue weighted by molar-refractivity contribution is 0.297. The molecule has 0 atom stereocenters. The molecule has 0 unspecified atom stereocenters. The van der Waals surface area contributed by atoms with Crippen LogP contribution in [0.1, 0.15) is 5.56 Å². The number of benzene rings is 2. The van der Waals surface area contributed by atoms with Crippen LogP contribution in [0, 0.1) is 0 Å². The standard InChI is InChI=1S/C14H15NO2/c1-16-14-9-12(15)8-7-11(14)10-17-13-5-3-2-4-6-13/h2-9H,10,15H2,1H3. The van der Waals surface area contributed by atoms with Gasteiger partial charge in [0.25, 0.3) is 0 Å². The van der Waals surface area contributed by atoms with Crippen molar-refractivity contribution >= 4 is 5.69 Å². The zero-order valence-corrected chi connectivity index (χ0v) is 9.72. The van der Waals surface area contributed by atoms with Gasteiger partial charge in [-0.15, -0.1) is 0 Å². The van der Waals surface area contributed by atoms with Crippen LogP contribution in [-0.2, 0) is 6.61 Å². The highest BCUT2D eigenvalue weighted by molar-refractivity contribution is 5.48. The van der Waals surface area contributed by atoms with E-state index in [1.807, 2.05) is 42.5 Å². The molecule has 2 aromatic carbocycles. The molecule has 0 bridgehead atoms. The van der Waals surface area contributed by atoms with Crippen LogP contribution < -0.4 is 15.2 Å². The van der Waals surface area contributed by atoms with Crippen molar-refractivity contribution in [3.05, 3.63) is 54.1 Å². The highest BCUT2D eigenvalue weighted by Crippen LogP contribution is 2.23. The maximum absolute atomic E-state index is 5.69. The normalized spacial score (nSPS) is 9.94. The molecule has 0 aliphatic heterocycles. The highest BCUT2D eigenvalue weighted by Gasteiger charge is 2.04. The second-order valence-corrected chi connectivity index (χ2v) is 3.67. The molecule has 0 spiro atoms. The number of nitrogens with two attached hydrogens (primary N) is 1. The molecule has 0 amide bonds. The summed E-state index contributed by atoms with van der Waals surface area (Å²) in [5.41, 5.74) is 7.35. The van der Waals surface area contributed by atoms with Crippen LogP contribution in [-0.4, -0.2) is 7.11 Å². The Morgan fingerprint density at radius 3 is 2.53 bits per heavy atom. The molecular formula is C14H15NO2. The van der Waals surface area contributed by atoms with Gasteiger partial charge in [0.1, 0.15) is 18.1 Å². The monoisotopic (exact) mass is 229 g/mol. The fourth-order valence-corrected chi connectivity index (χ4v) is 1.56. The van der Waals surface area contributed by atoms with Crippen molar-refractivity contribution in [3.63, 3.8) is 0 Å². The molecule has 0 heterocycles. The predicted molar refractivity (Wildman–Crippen MR) is 68.2 cm³/mol. The number of hydrogen-bond acceptors (Lipinski definition) is 3. The van der Waals surface area contributed by atoms with Gasteiger partial charge >= 0.3 is 0 Å². The van der Waals surface area contributed by atoms with E-state index in [-0.39, 0.29) is 0 Å². The summed E-state index contributed by atoms with van der Waals surface area (Å²) >= 11 is 0. The van der Waals surface area contributed by atoms with E-state index in [4.69, 9.17) is 15.2 Å². The first kappa shape index (κ1) is 11.3. The molecule has 3 nitrogen and oxygen atoms in total. The number of rotatable bonds is 4. The van der Waals surface area contributed by atoms with Crippen LogP contribution in [0.2, 0.25) is 0 Å². The second-order valence-electron chi connectivity index (χ2n) is 3.67. The third-order valence-corrected chi connectivity index (χ3v) is 2.45. The van der Waals surface area contributed by atoms with Crippen molar-refractivity contribution in [1.82, 2.24) is 0 Å². The summed E-state index contributed by atoms with van der Waals surface area (Å²) in [6.07, 6.45) is 0. The summed E-state index contributed by atoms with van der Waals surface area (Å²) in [4.78, 5) is 0. The van der Waals surface area contributed by atoms with Gasteiger partial charge in [0, 0.05) is 17.3 Å². The van der Waals surface area contributed by atoms with E-state index in [0.29, 0.717) is 12.3 Å². The minimum Gasteiger partial charge on any atom is -0.496 e. The smallest absolute Gasteiger partial charge is 0.127 e. The second kappa shape index (κ2) is 5.25. The summed E-state index contributed by atoms with van der Waals surface area (Å²) in [5.74, 6) is 1.59. The van der Waals surface area contributed by atoms with Gasteiger partial charge in [-0.25, -0.2) is 0 Å². The number of hydrogen-bond donors (Lipinski definition) is 1. The van der Waals surface area contributed by atoms with Crippen LogP contribution in [0.15, 0.2) is 48.5 Å². The highest BCUT2D eigenvalue weighted by atomic mass is 16.5. The third kappa shape index (κ3) is 2.91. The zero-order chi connectivity index (χ0) is 12.1. The largest absolute Gasteiger partial charge is 0.496 e. The number of methoxy groups -OCH3 is 1. The number of ether oxygens (including phenoxy) is 2. The van der Waals surface area contributed by atoms with Gasteiger partial charge in [-0.2, -0.15) is 0 Å². The first-order valence-corrected chi connectivity index (χ1v) is 5.40. The molecule has 2 N–H and O–H groups in total. The van der Waals surface area contributed by atoms with Gasteiger partial charge in [0.15, 0.2) is 0 Å². The van der Waals surface area contributed by atoms with Gasteiger partial charge in [0.2, 0.25) is 0 Å². The first-order valence-electron chi connectivity index (χ1n) is 5.40. The Morgan fingerprint density at radius 2 is 1.82 bits per heavy atom. The number of nitrogen functional groups attached to an aromatic ring is 1. The van der Waals surface area contributed by atoms with E-state index in [0.717, 1.165) is 17.1 Å². The summed E-state index contributed by atoms with van der Waals surface area (Å²) in [6, 6.07) is 15.2. The van der Waals surface area contributed by atoms with Crippen LogP contribution in [0.5, 0.6) is 11.5 Å². The number of anilines is 1. The van der Waals surface area contributed by atoms with Crippen molar-refractivity contribution in [2.45, 2.75) is 6.61 Å². The van der Waals surface area contributed by atoms with Crippen LogP contribution >= 0.6 is 0 Å². The first-order chi connectivity index (χ1) is 8.29. The molecule has 2 rings (SSSR count). The van der Waals surface area contributed by atoms with Crippen LogP contribution in [0.3, 0.4) is 0 Å². The SMILES string of the molecule is COc1cc(N)ccc1COc1ccccc1. The van der Waals surface area contributed by atoms with Gasteiger partial charge in [-0.3, -0.25) is 0 Å². The van der Waals surface area contributed by atoms with E-state index >= 15 is 0 Å². The molecule has 0 radical (unpaired) electrons. The molecule has 0 aromatic heterocycles. The molecule has 0 saturated heterocycles. The molecular weight excluding hydrogens is 214 g/mol. The molecule has 3 heteroatoms. The molecule has 0 aliphatic carbocycles. The summed E-state index contributed by atoms with van der Waals surface area (Å²) in [6.45, 7) is 0.466. The molecule has 17 heavy (non-hydrogen) atoms. The molecule has 0 fully saturated rings. The molecule has 0 saturated carbocycles. The van der Waals surface area contributed by atoms with Crippen molar-refractivity contribution in [3.8, 4) is 11.5 Å². The lowest BCUT2D eigenvalue weighted by atomic mass is 10.2. The van der Waals surface area contributed by atoms with E-state index < -0.39 is 0 Å². The minimum absolute atomic E-state index is 0.466. The Morgan fingerprint density at radius 1 is 1.06 bits per heavy atom. The Hall–Kier alpha value is -2.16. The predicted octanol–water partition coefficient (Wildman–Crippen LogP) is 2.86. The molecule has 88 valence electrons. The summed E-state index contributed by atoms with van der Waals surface area (Å²) < 4.78 is 10.9. The Labute approximate surface area is 101 Å². The molecule has 2 aromatic rings. The van der Waals surface area contributed by atoms with Crippen molar-refractivity contribution in [1.29, 1.82) is 0 Å². The number of para-hydroxylation sites is 1. The molecule has 0 aliphatic rings. The summed E-state index contributed by atoms with van der Waals surface area (Å²) in [5, 5.41) is 0. The van der Waals surface area contributed by atoms with Crippen molar-refractivity contribution < 1.29 is 9.47 Å². The average Bonchev–Trinajstić information content (AvgIpc) is 2.38. The zero-order valence-electron chi connectivity index (χ0n) is 9.72. The van der Waals surface area contributed by atoms with Gasteiger partial charge in [-0.05, 0) is 24.3 Å². The van der Waals surface area contributed by atoms with Crippen LogP contribution in [0.4, 0.5) is 5.69 Å². The van der Waals surface area contributed by atoms with E-state index in [1.54, 1.807) is 13.2 Å². The quantitative estimate of drug-likeness (QED) is 0.820. The van der Waals surface area contributed by atoms with E-state index in [1.165, 1.54) is 0 Å². The Balaban J connectivity index is 2.09. The fraction of sp³-hybridized carbons (Fsp3) is 0.143. The van der Waals surface area contributed by atoms with Gasteiger partial charge in [-0.1, -0.05) is 18.2 Å². The average molecular weight is 229 g/mol. The van der Waals surface area contributed by atoms with Crippen molar-refractivity contribution in [2.75, 3.05) is 12.8 Å². The van der Waals surface area contributed by atoms with Crippen molar-refractivity contribution in [2.24, 2.45) is 0 Å². The van der Waals surface area contributed by atoms with Gasteiger partial charge < -0.3 is 15.2 Å². The Kier molecular flexibility index (Phi) is 3.50. The summed E-state index contributed by atoms with van der Waals surface area (Å²) in [7, 11) is 1.63. The topological polar surface area (TPSA) is 44.5 Å². The van der Waals surface area contributed by atoms with Crippen LogP contribution in [0.25, 0.3) is 0 Å². The minimum atomic E-state index is 0.466. The van der Waals surface area contributed by atoms with E-state index in [9.17, 15) is 0 Å². The maximum Gasteiger partial charge on any atom is 0.127 e. The van der Waals surface area contributed by atoms with Gasteiger partial charge in [0.05, 0.1) is 7.11 Å².